The molecule has 2 amide bonds. The maximum atomic E-state index is 11.8. The number of amides is 2. The van der Waals surface area contributed by atoms with Gasteiger partial charge in [0.15, 0.2) is 5.13 Å². The summed E-state index contributed by atoms with van der Waals surface area (Å²) in [5.74, 6) is -1.29. The topological polar surface area (TPSA) is 71.1 Å². The highest BCUT2D eigenvalue weighted by molar-refractivity contribution is 7.14. The summed E-state index contributed by atoms with van der Waals surface area (Å²) in [5.41, 5.74) is 1.76. The smallest absolute Gasteiger partial charge is 0.315 e. The van der Waals surface area contributed by atoms with Crippen LogP contribution in [0.5, 0.6) is 0 Å². The van der Waals surface area contributed by atoms with E-state index in [1.165, 1.54) is 11.3 Å². The molecule has 2 N–H and O–H groups in total. The molecule has 0 unspecified atom stereocenters. The Labute approximate surface area is 133 Å². The fourth-order valence-corrected chi connectivity index (χ4v) is 2.60. The van der Waals surface area contributed by atoms with Crippen molar-refractivity contribution in [3.63, 3.8) is 0 Å². The number of aromatic nitrogens is 1. The lowest BCUT2D eigenvalue weighted by Crippen LogP contribution is -2.35. The first kappa shape index (κ1) is 16.2. The molecule has 0 atom stereocenters. The highest BCUT2D eigenvalue weighted by atomic mass is 32.1. The van der Waals surface area contributed by atoms with Gasteiger partial charge in [0.25, 0.3) is 0 Å². The van der Waals surface area contributed by atoms with Gasteiger partial charge in [0, 0.05) is 17.5 Å². The van der Waals surface area contributed by atoms with E-state index in [0.717, 1.165) is 30.5 Å². The molecule has 0 saturated carbocycles. The first-order chi connectivity index (χ1) is 10.7. The summed E-state index contributed by atoms with van der Waals surface area (Å²) < 4.78 is 0. The highest BCUT2D eigenvalue weighted by Crippen LogP contribution is 2.24. The third-order valence-electron chi connectivity index (χ3n) is 3.07. The molecule has 0 aliphatic carbocycles. The quantitative estimate of drug-likeness (QED) is 0.635. The molecule has 116 valence electrons. The molecule has 2 aromatic rings. The van der Waals surface area contributed by atoms with Crippen molar-refractivity contribution in [3.8, 4) is 11.3 Å². The fourth-order valence-electron chi connectivity index (χ4n) is 1.88. The standard InChI is InChI=1S/C16H19N3O2S/c1-2-3-7-10-17-14(20)15(21)19-16-18-13(11-22-16)12-8-5-4-6-9-12/h4-6,8-9,11H,2-3,7,10H2,1H3,(H,17,20)(H,18,19,21). The van der Waals surface area contributed by atoms with Gasteiger partial charge >= 0.3 is 11.8 Å². The monoisotopic (exact) mass is 317 g/mol. The Morgan fingerprint density at radius 3 is 2.64 bits per heavy atom. The van der Waals surface area contributed by atoms with Gasteiger partial charge in [-0.25, -0.2) is 4.98 Å². The zero-order valence-electron chi connectivity index (χ0n) is 12.5. The van der Waals surface area contributed by atoms with Gasteiger partial charge in [-0.1, -0.05) is 50.1 Å². The zero-order chi connectivity index (χ0) is 15.8. The van der Waals surface area contributed by atoms with Crippen molar-refractivity contribution in [3.05, 3.63) is 35.7 Å². The van der Waals surface area contributed by atoms with Gasteiger partial charge in [-0.15, -0.1) is 11.3 Å². The molecule has 5 nitrogen and oxygen atoms in total. The molecule has 1 aromatic carbocycles. The lowest BCUT2D eigenvalue weighted by Gasteiger charge is -2.03. The molecule has 6 heteroatoms. The van der Waals surface area contributed by atoms with Crippen molar-refractivity contribution >= 4 is 28.3 Å². The molecule has 1 heterocycles. The summed E-state index contributed by atoms with van der Waals surface area (Å²) in [4.78, 5) is 27.7. The maximum absolute atomic E-state index is 11.8. The number of nitrogens with zero attached hydrogens (tertiary/aromatic N) is 1. The maximum Gasteiger partial charge on any atom is 0.315 e. The molecule has 1 aromatic heterocycles. The Morgan fingerprint density at radius 2 is 1.91 bits per heavy atom. The number of nitrogens with one attached hydrogen (secondary N) is 2. The Balaban J connectivity index is 1.87. The summed E-state index contributed by atoms with van der Waals surface area (Å²) in [6, 6.07) is 9.68. The Kier molecular flexibility index (Phi) is 6.09. The second-order valence-electron chi connectivity index (χ2n) is 4.82. The van der Waals surface area contributed by atoms with Gasteiger partial charge in [0.1, 0.15) is 0 Å². The molecule has 0 aliphatic rings. The second-order valence-corrected chi connectivity index (χ2v) is 5.68. The lowest BCUT2D eigenvalue weighted by molar-refractivity contribution is -0.136. The molecular formula is C16H19N3O2S. The zero-order valence-corrected chi connectivity index (χ0v) is 13.3. The number of rotatable bonds is 6. The molecule has 0 spiro atoms. The lowest BCUT2D eigenvalue weighted by atomic mass is 10.2. The van der Waals surface area contributed by atoms with E-state index in [1.807, 2.05) is 35.7 Å². The van der Waals surface area contributed by atoms with Gasteiger partial charge in [-0.2, -0.15) is 0 Å². The average Bonchev–Trinajstić information content (AvgIpc) is 3.00. The van der Waals surface area contributed by atoms with Crippen molar-refractivity contribution in [2.24, 2.45) is 0 Å². The van der Waals surface area contributed by atoms with Crippen LogP contribution in [0.2, 0.25) is 0 Å². The minimum Gasteiger partial charge on any atom is -0.348 e. The SMILES string of the molecule is CCCCCNC(=O)C(=O)Nc1nc(-c2ccccc2)cs1. The number of carbonyl (C=O) groups is 2. The first-order valence-electron chi connectivity index (χ1n) is 7.31. The van der Waals surface area contributed by atoms with Crippen molar-refractivity contribution < 1.29 is 9.59 Å². The van der Waals surface area contributed by atoms with Crippen LogP contribution in [0.3, 0.4) is 0 Å². The van der Waals surface area contributed by atoms with E-state index in [0.29, 0.717) is 11.7 Å². The number of thiazole rings is 1. The number of unbranched alkanes of at least 4 members (excludes halogenated alkanes) is 2. The van der Waals surface area contributed by atoms with E-state index >= 15 is 0 Å². The van der Waals surface area contributed by atoms with Crippen LogP contribution in [0.1, 0.15) is 26.2 Å². The number of benzene rings is 1. The van der Waals surface area contributed by atoms with E-state index in [4.69, 9.17) is 0 Å². The molecule has 0 saturated heterocycles. The molecule has 0 bridgehead atoms. The van der Waals surface area contributed by atoms with Crippen LogP contribution in [-0.2, 0) is 9.59 Å². The van der Waals surface area contributed by atoms with E-state index in [2.05, 4.69) is 22.5 Å². The number of anilines is 1. The Hall–Kier alpha value is -2.21. The summed E-state index contributed by atoms with van der Waals surface area (Å²) in [5, 5.41) is 7.41. The van der Waals surface area contributed by atoms with E-state index in [9.17, 15) is 9.59 Å². The largest absolute Gasteiger partial charge is 0.348 e. The molecule has 2 rings (SSSR count). The van der Waals surface area contributed by atoms with Crippen molar-refractivity contribution in [1.82, 2.24) is 10.3 Å². The molecule has 0 radical (unpaired) electrons. The van der Waals surface area contributed by atoms with Crippen molar-refractivity contribution in [1.29, 1.82) is 0 Å². The third kappa shape index (κ3) is 4.66. The highest BCUT2D eigenvalue weighted by Gasteiger charge is 2.15. The van der Waals surface area contributed by atoms with Crippen LogP contribution < -0.4 is 10.6 Å². The average molecular weight is 317 g/mol. The summed E-state index contributed by atoms with van der Waals surface area (Å²) in [7, 11) is 0. The Bertz CT molecular complexity index is 625. The molecular weight excluding hydrogens is 298 g/mol. The van der Waals surface area contributed by atoms with E-state index in [-0.39, 0.29) is 0 Å². The number of hydrogen-bond acceptors (Lipinski definition) is 4. The van der Waals surface area contributed by atoms with Crippen LogP contribution in [0, 0.1) is 0 Å². The second kappa shape index (κ2) is 8.29. The van der Waals surface area contributed by atoms with E-state index in [1.54, 1.807) is 0 Å². The van der Waals surface area contributed by atoms with Gasteiger partial charge < -0.3 is 5.32 Å². The predicted molar refractivity (Wildman–Crippen MR) is 88.7 cm³/mol. The molecule has 22 heavy (non-hydrogen) atoms. The van der Waals surface area contributed by atoms with Gasteiger partial charge in [-0.05, 0) is 6.42 Å². The first-order valence-corrected chi connectivity index (χ1v) is 8.18. The minimum atomic E-state index is -0.675. The van der Waals surface area contributed by atoms with Gasteiger partial charge in [0.05, 0.1) is 5.69 Å². The summed E-state index contributed by atoms with van der Waals surface area (Å²) >= 11 is 1.30. The minimum absolute atomic E-state index is 0.424. The molecule has 0 aliphatic heterocycles. The van der Waals surface area contributed by atoms with Crippen LogP contribution in [0.25, 0.3) is 11.3 Å². The number of hydrogen-bond donors (Lipinski definition) is 2. The summed E-state index contributed by atoms with van der Waals surface area (Å²) in [6.45, 7) is 2.61. The fraction of sp³-hybridized carbons (Fsp3) is 0.312. The van der Waals surface area contributed by atoms with Crippen LogP contribution in [0.15, 0.2) is 35.7 Å². The number of carbonyl (C=O) groups excluding carboxylic acids is 2. The van der Waals surface area contributed by atoms with Crippen LogP contribution in [-0.4, -0.2) is 23.3 Å². The van der Waals surface area contributed by atoms with Crippen LogP contribution in [0.4, 0.5) is 5.13 Å². The molecule has 0 fully saturated rings. The predicted octanol–water partition coefficient (Wildman–Crippen LogP) is 3.06. The van der Waals surface area contributed by atoms with E-state index < -0.39 is 11.8 Å². The summed E-state index contributed by atoms with van der Waals surface area (Å²) in [6.07, 6.45) is 2.99. The van der Waals surface area contributed by atoms with Crippen LogP contribution >= 0.6 is 11.3 Å². The Morgan fingerprint density at radius 1 is 1.14 bits per heavy atom. The van der Waals surface area contributed by atoms with Crippen molar-refractivity contribution in [2.45, 2.75) is 26.2 Å². The van der Waals surface area contributed by atoms with Crippen molar-refractivity contribution in [2.75, 3.05) is 11.9 Å². The normalized spacial score (nSPS) is 10.2. The third-order valence-corrected chi connectivity index (χ3v) is 3.82. The van der Waals surface area contributed by atoms with Gasteiger partial charge in [0.2, 0.25) is 0 Å². The van der Waals surface area contributed by atoms with Gasteiger partial charge in [-0.3, -0.25) is 14.9 Å².